The highest BCUT2D eigenvalue weighted by Gasteiger charge is 2.35. The number of hydrogen-bond donors (Lipinski definition) is 1. The first-order chi connectivity index (χ1) is 14.6. The van der Waals surface area contributed by atoms with E-state index >= 15 is 0 Å². The fraction of sp³-hybridized carbons (Fsp3) is 0.318. The molecule has 0 spiro atoms. The average Bonchev–Trinajstić information content (AvgIpc) is 3.15. The van der Waals surface area contributed by atoms with E-state index in [1.807, 2.05) is 0 Å². The number of fused-ring (bicyclic) bond motifs is 2. The number of carbonyl (C=O) groups excluding carboxylic acids is 1. The van der Waals surface area contributed by atoms with Crippen molar-refractivity contribution in [3.8, 4) is 0 Å². The molecule has 4 rings (SSSR count). The zero-order valence-electron chi connectivity index (χ0n) is 16.7. The Morgan fingerprint density at radius 2 is 1.97 bits per heavy atom. The highest BCUT2D eigenvalue weighted by molar-refractivity contribution is 8.26. The molecular weight excluding hydrogens is 400 g/mol. The van der Waals surface area contributed by atoms with Crippen LogP contribution in [0.15, 0.2) is 55.4 Å². The van der Waals surface area contributed by atoms with Crippen molar-refractivity contribution in [1.29, 1.82) is 5.41 Å². The molecule has 7 nitrogen and oxygen atoms in total. The number of benzene rings is 1. The standard InChI is InChI=1S/C22H22N4O3S/c1-2-3-4-5-6-11-18-25-26-20(23)16(21(28)24-22(26)30-18)12-14-13-29-17-10-8-7-9-15(17)19(14)27/h7-10,12-13,23H,2-6,11H2,1H3/b16-12-,23-20?. The van der Waals surface area contributed by atoms with Crippen LogP contribution in [0.25, 0.3) is 17.0 Å². The number of carbonyl (C=O) groups is 1. The van der Waals surface area contributed by atoms with Gasteiger partial charge < -0.3 is 4.42 Å². The third-order valence-corrected chi connectivity index (χ3v) is 5.97. The molecule has 1 N–H and O–H groups in total. The van der Waals surface area contributed by atoms with Crippen LogP contribution < -0.4 is 5.43 Å². The quantitative estimate of drug-likeness (QED) is 0.512. The van der Waals surface area contributed by atoms with E-state index in [1.165, 1.54) is 48.4 Å². The first-order valence-corrected chi connectivity index (χ1v) is 10.9. The van der Waals surface area contributed by atoms with Gasteiger partial charge in [-0.25, -0.2) is 0 Å². The maximum atomic E-state index is 12.7. The van der Waals surface area contributed by atoms with Gasteiger partial charge in [-0.2, -0.15) is 15.1 Å². The summed E-state index contributed by atoms with van der Waals surface area (Å²) in [5.41, 5.74) is 0.438. The van der Waals surface area contributed by atoms with E-state index in [1.54, 1.807) is 24.3 Å². The summed E-state index contributed by atoms with van der Waals surface area (Å²) in [6, 6.07) is 6.91. The lowest BCUT2D eigenvalue weighted by atomic mass is 10.1. The second kappa shape index (κ2) is 8.79. The molecule has 0 fully saturated rings. The van der Waals surface area contributed by atoms with Crippen molar-refractivity contribution >= 4 is 50.8 Å². The number of nitrogens with zero attached hydrogens (tertiary/aromatic N) is 3. The molecule has 0 saturated heterocycles. The van der Waals surface area contributed by atoms with Crippen molar-refractivity contribution in [2.45, 2.75) is 45.4 Å². The minimum atomic E-state index is -0.550. The summed E-state index contributed by atoms with van der Waals surface area (Å²) in [6.07, 6.45) is 9.27. The molecular formula is C22H22N4O3S. The predicted molar refractivity (Wildman–Crippen MR) is 121 cm³/mol. The van der Waals surface area contributed by atoms with Gasteiger partial charge in [-0.3, -0.25) is 15.0 Å². The van der Waals surface area contributed by atoms with Crippen molar-refractivity contribution in [2.24, 2.45) is 10.1 Å². The van der Waals surface area contributed by atoms with Gasteiger partial charge in [0.15, 0.2) is 11.3 Å². The molecule has 0 radical (unpaired) electrons. The van der Waals surface area contributed by atoms with E-state index in [2.05, 4.69) is 17.0 Å². The van der Waals surface area contributed by atoms with Crippen LogP contribution in [-0.4, -0.2) is 27.0 Å². The maximum absolute atomic E-state index is 12.7. The lowest BCUT2D eigenvalue weighted by Gasteiger charge is -2.20. The third kappa shape index (κ3) is 4.00. The van der Waals surface area contributed by atoms with Gasteiger partial charge in [-0.1, -0.05) is 44.7 Å². The Labute approximate surface area is 178 Å². The molecule has 0 unspecified atom stereocenters. The molecule has 2 aliphatic rings. The fourth-order valence-electron chi connectivity index (χ4n) is 3.36. The van der Waals surface area contributed by atoms with Gasteiger partial charge in [0.2, 0.25) is 5.17 Å². The van der Waals surface area contributed by atoms with Crippen LogP contribution in [0.1, 0.15) is 51.0 Å². The van der Waals surface area contributed by atoms with Crippen molar-refractivity contribution in [3.05, 3.63) is 51.9 Å². The molecule has 1 amide bonds. The number of para-hydroxylation sites is 1. The average molecular weight is 423 g/mol. The molecule has 0 atom stereocenters. The fourth-order valence-corrected chi connectivity index (χ4v) is 4.29. The molecule has 1 aromatic heterocycles. The molecule has 8 heteroatoms. The third-order valence-electron chi connectivity index (χ3n) is 5.00. The van der Waals surface area contributed by atoms with Crippen LogP contribution in [0.5, 0.6) is 0 Å². The minimum Gasteiger partial charge on any atom is -0.463 e. The Balaban J connectivity index is 1.56. The van der Waals surface area contributed by atoms with Gasteiger partial charge in [-0.05, 0) is 42.8 Å². The Bertz CT molecular complexity index is 1160. The number of hydrazone groups is 1. The highest BCUT2D eigenvalue weighted by Crippen LogP contribution is 2.30. The molecule has 0 saturated carbocycles. The number of aliphatic imine (C=N–C) groups is 1. The Morgan fingerprint density at radius 1 is 1.17 bits per heavy atom. The molecule has 0 bridgehead atoms. The van der Waals surface area contributed by atoms with Crippen LogP contribution in [0, 0.1) is 5.41 Å². The summed E-state index contributed by atoms with van der Waals surface area (Å²) < 4.78 is 5.50. The molecule has 2 aromatic rings. The first-order valence-electron chi connectivity index (χ1n) is 10.1. The van der Waals surface area contributed by atoms with Crippen LogP contribution in [0.2, 0.25) is 0 Å². The predicted octanol–water partition coefficient (Wildman–Crippen LogP) is 4.77. The number of thioether (sulfide) groups is 1. The van der Waals surface area contributed by atoms with Crippen molar-refractivity contribution in [3.63, 3.8) is 0 Å². The van der Waals surface area contributed by atoms with Crippen LogP contribution in [0.4, 0.5) is 0 Å². The van der Waals surface area contributed by atoms with Gasteiger partial charge in [0.25, 0.3) is 5.91 Å². The molecule has 154 valence electrons. The van der Waals surface area contributed by atoms with Gasteiger partial charge in [0.05, 0.1) is 16.5 Å². The Kier molecular flexibility index (Phi) is 5.94. The second-order valence-corrected chi connectivity index (χ2v) is 8.23. The van der Waals surface area contributed by atoms with E-state index in [0.717, 1.165) is 24.3 Å². The number of hydrogen-bond acceptors (Lipinski definition) is 6. The van der Waals surface area contributed by atoms with E-state index < -0.39 is 5.91 Å². The summed E-state index contributed by atoms with van der Waals surface area (Å²) in [7, 11) is 0. The van der Waals surface area contributed by atoms with Crippen molar-refractivity contribution < 1.29 is 9.21 Å². The zero-order valence-corrected chi connectivity index (χ0v) is 17.5. The summed E-state index contributed by atoms with van der Waals surface area (Å²) in [5.74, 6) is -0.628. The molecule has 3 heterocycles. The van der Waals surface area contributed by atoms with Crippen molar-refractivity contribution in [1.82, 2.24) is 5.01 Å². The maximum Gasteiger partial charge on any atom is 0.283 e. The normalized spacial score (nSPS) is 17.5. The number of amidine groups is 2. The monoisotopic (exact) mass is 422 g/mol. The Hall–Kier alpha value is -3.00. The van der Waals surface area contributed by atoms with Gasteiger partial charge in [0, 0.05) is 0 Å². The van der Waals surface area contributed by atoms with Crippen LogP contribution in [0.3, 0.4) is 0 Å². The lowest BCUT2D eigenvalue weighted by Crippen LogP contribution is -2.35. The smallest absolute Gasteiger partial charge is 0.283 e. The van der Waals surface area contributed by atoms with Gasteiger partial charge in [0.1, 0.15) is 16.9 Å². The van der Waals surface area contributed by atoms with Gasteiger partial charge >= 0.3 is 0 Å². The van der Waals surface area contributed by atoms with Gasteiger partial charge in [-0.15, -0.1) is 0 Å². The molecule has 0 aliphatic carbocycles. The summed E-state index contributed by atoms with van der Waals surface area (Å²) in [6.45, 7) is 2.18. The largest absolute Gasteiger partial charge is 0.463 e. The Morgan fingerprint density at radius 3 is 2.80 bits per heavy atom. The number of rotatable bonds is 7. The summed E-state index contributed by atoms with van der Waals surface area (Å²) in [5, 5.41) is 16.0. The van der Waals surface area contributed by atoms with E-state index in [9.17, 15) is 9.59 Å². The number of amides is 1. The lowest BCUT2D eigenvalue weighted by molar-refractivity contribution is -0.114. The summed E-state index contributed by atoms with van der Waals surface area (Å²) in [4.78, 5) is 29.3. The number of unbranched alkanes of at least 4 members (excludes halogenated alkanes) is 4. The molecule has 30 heavy (non-hydrogen) atoms. The highest BCUT2D eigenvalue weighted by atomic mass is 32.2. The van der Waals surface area contributed by atoms with Crippen molar-refractivity contribution in [2.75, 3.05) is 0 Å². The number of nitrogens with one attached hydrogen (secondary N) is 1. The van der Waals surface area contributed by atoms with E-state index in [-0.39, 0.29) is 22.4 Å². The molecule has 1 aromatic carbocycles. The van der Waals surface area contributed by atoms with Crippen LogP contribution in [-0.2, 0) is 4.79 Å². The summed E-state index contributed by atoms with van der Waals surface area (Å²) >= 11 is 1.34. The minimum absolute atomic E-state index is 0.0230. The van der Waals surface area contributed by atoms with E-state index in [0.29, 0.717) is 16.1 Å². The topological polar surface area (TPSA) is 99.1 Å². The molecule has 2 aliphatic heterocycles. The first kappa shape index (κ1) is 20.3. The SMILES string of the molecule is CCCCCCCC1=NN2C(=N)/C(=C/c3coc4ccccc4c3=O)C(=O)N=C2S1. The van der Waals surface area contributed by atoms with Crippen LogP contribution >= 0.6 is 11.8 Å². The zero-order chi connectivity index (χ0) is 21.1. The second-order valence-electron chi connectivity index (χ2n) is 7.19. The van der Waals surface area contributed by atoms with E-state index in [4.69, 9.17) is 9.83 Å².